The highest BCUT2D eigenvalue weighted by atomic mass is 32.2. The number of hydroxylamine groups is 1. The third kappa shape index (κ3) is 10.7. The minimum absolute atomic E-state index is 0.120. The lowest BCUT2D eigenvalue weighted by Gasteiger charge is -2.17. The number of ether oxygens (including phenoxy) is 3. The van der Waals surface area contributed by atoms with E-state index in [0.717, 1.165) is 11.1 Å². The van der Waals surface area contributed by atoms with Gasteiger partial charge in [0, 0.05) is 23.9 Å². The predicted molar refractivity (Wildman–Crippen MR) is 169 cm³/mol. The molecule has 0 aliphatic rings. The van der Waals surface area contributed by atoms with Crippen molar-refractivity contribution in [2.24, 2.45) is 0 Å². The highest BCUT2D eigenvalue weighted by Crippen LogP contribution is 2.38. The van der Waals surface area contributed by atoms with Crippen LogP contribution in [0.1, 0.15) is 62.6 Å². The van der Waals surface area contributed by atoms with Crippen LogP contribution in [-0.4, -0.2) is 47.6 Å². The van der Waals surface area contributed by atoms with Crippen molar-refractivity contribution < 1.29 is 37.8 Å². The Morgan fingerprint density at radius 1 is 1.02 bits per heavy atom. The van der Waals surface area contributed by atoms with Crippen molar-refractivity contribution in [1.29, 1.82) is 0 Å². The Labute approximate surface area is 259 Å². The highest BCUT2D eigenvalue weighted by Gasteiger charge is 2.25. The summed E-state index contributed by atoms with van der Waals surface area (Å²) in [6.07, 6.45) is 1.13. The molecule has 238 valence electrons. The Hall–Kier alpha value is -4.49. The van der Waals surface area contributed by atoms with Gasteiger partial charge in [-0.25, -0.2) is 9.69 Å². The van der Waals surface area contributed by atoms with E-state index in [1.54, 1.807) is 50.4 Å². The summed E-state index contributed by atoms with van der Waals surface area (Å²) in [6.45, 7) is 7.67. The second-order valence-corrected chi connectivity index (χ2v) is 10.1. The third-order valence-corrected chi connectivity index (χ3v) is 6.49. The largest absolute Gasteiger partial charge is 0.493 e. The van der Waals surface area contributed by atoms with E-state index in [-0.39, 0.29) is 48.4 Å². The fourth-order valence-electron chi connectivity index (χ4n) is 3.96. The van der Waals surface area contributed by atoms with Gasteiger partial charge < -0.3 is 18.9 Å². The van der Waals surface area contributed by atoms with Gasteiger partial charge in [0.15, 0.2) is 11.5 Å². The minimum Gasteiger partial charge on any atom is -0.493 e. The number of carbonyl (C=O) groups excluding carboxylic acids is 2. The second-order valence-electron chi connectivity index (χ2n) is 8.98. The first-order chi connectivity index (χ1) is 21.1. The summed E-state index contributed by atoms with van der Waals surface area (Å²) < 4.78 is 30.2. The van der Waals surface area contributed by atoms with E-state index in [4.69, 9.17) is 19.0 Å². The highest BCUT2D eigenvalue weighted by molar-refractivity contribution is 7.85. The summed E-state index contributed by atoms with van der Waals surface area (Å²) in [6, 6.07) is 16.8. The maximum absolute atomic E-state index is 12.7. The number of nitro groups is 1. The molecule has 2 N–H and O–H groups in total. The Bertz CT molecular complexity index is 1430. The molecule has 0 aromatic heterocycles. The average Bonchev–Trinajstić information content (AvgIpc) is 3.02. The summed E-state index contributed by atoms with van der Waals surface area (Å²) in [5, 5.41) is 11.8. The van der Waals surface area contributed by atoms with Crippen LogP contribution in [0.3, 0.4) is 0 Å². The molecule has 44 heavy (non-hydrogen) atoms. The van der Waals surface area contributed by atoms with E-state index >= 15 is 0 Å². The maximum atomic E-state index is 12.7. The van der Waals surface area contributed by atoms with Gasteiger partial charge >= 0.3 is 5.97 Å². The second kappa shape index (κ2) is 18.2. The maximum Gasteiger partial charge on any atom is 0.305 e. The molecule has 0 aliphatic heterocycles. The molecule has 0 bridgehead atoms. The summed E-state index contributed by atoms with van der Waals surface area (Å²) in [5.41, 5.74) is 4.95. The normalized spacial score (nSPS) is 11.7. The number of nitro benzene ring substituents is 1. The molecule has 0 fully saturated rings. The molecule has 0 spiro atoms. The molecule has 1 amide bonds. The Morgan fingerprint density at radius 3 is 2.34 bits per heavy atom. The number of methoxy groups -OCH3 is 1. The van der Waals surface area contributed by atoms with E-state index in [9.17, 15) is 23.9 Å². The molecular formula is C31H39N3O9S. The number of rotatable bonds is 15. The molecule has 2 atom stereocenters. The predicted octanol–water partition coefficient (Wildman–Crippen LogP) is 6.15. The van der Waals surface area contributed by atoms with Crippen molar-refractivity contribution in [3.05, 3.63) is 81.9 Å². The molecule has 0 aliphatic carbocycles. The molecule has 3 rings (SSSR count). The van der Waals surface area contributed by atoms with E-state index in [0.29, 0.717) is 17.7 Å². The number of nitrogens with zero attached hydrogens (tertiary/aromatic N) is 1. The fraction of sp³-hybridized carbons (Fsp3) is 0.355. The lowest BCUT2D eigenvalue weighted by atomic mass is 10.0. The quantitative estimate of drug-likeness (QED) is 0.0872. The topological polar surface area (TPSA) is 155 Å². The first-order valence-corrected chi connectivity index (χ1v) is 15.6. The molecule has 3 aromatic rings. The number of anilines is 1. The SMILES string of the molecule is CC.CCOC(=O)CCCOc1cc([N+](=O)[O-])c(C(C)ONC(=O)c2ccc(-c3cccc(NS(C)=O)c3)cc2)cc1OC. The van der Waals surface area contributed by atoms with Gasteiger partial charge in [0.1, 0.15) is 17.1 Å². The number of esters is 1. The zero-order valence-electron chi connectivity index (χ0n) is 25.7. The number of hydrogen-bond acceptors (Lipinski definition) is 9. The molecule has 0 saturated carbocycles. The van der Waals surface area contributed by atoms with Crippen LogP contribution in [0.4, 0.5) is 11.4 Å². The van der Waals surface area contributed by atoms with Gasteiger partial charge in [-0.1, -0.05) is 38.1 Å². The number of nitrogens with one attached hydrogen (secondary N) is 2. The molecule has 3 aromatic carbocycles. The van der Waals surface area contributed by atoms with Crippen LogP contribution in [0.15, 0.2) is 60.7 Å². The lowest BCUT2D eigenvalue weighted by molar-refractivity contribution is -0.386. The third-order valence-electron chi connectivity index (χ3n) is 5.97. The smallest absolute Gasteiger partial charge is 0.305 e. The van der Waals surface area contributed by atoms with E-state index < -0.39 is 27.9 Å². The van der Waals surface area contributed by atoms with Crippen LogP contribution in [0, 0.1) is 10.1 Å². The van der Waals surface area contributed by atoms with Crippen molar-refractivity contribution in [1.82, 2.24) is 5.48 Å². The van der Waals surface area contributed by atoms with Crippen LogP contribution in [0.5, 0.6) is 11.5 Å². The van der Waals surface area contributed by atoms with Crippen molar-refractivity contribution in [2.45, 2.75) is 46.6 Å². The zero-order chi connectivity index (χ0) is 32.6. The number of hydrogen-bond donors (Lipinski definition) is 2. The van der Waals surface area contributed by atoms with Crippen molar-refractivity contribution in [3.8, 4) is 22.6 Å². The summed E-state index contributed by atoms with van der Waals surface area (Å²) >= 11 is 0. The summed E-state index contributed by atoms with van der Waals surface area (Å²) in [4.78, 5) is 41.0. The first kappa shape index (κ1) is 35.7. The Morgan fingerprint density at radius 2 is 1.73 bits per heavy atom. The van der Waals surface area contributed by atoms with Crippen LogP contribution in [-0.2, 0) is 25.4 Å². The van der Waals surface area contributed by atoms with Crippen LogP contribution in [0.25, 0.3) is 11.1 Å². The van der Waals surface area contributed by atoms with Crippen LogP contribution < -0.4 is 19.7 Å². The molecule has 12 nitrogen and oxygen atoms in total. The van der Waals surface area contributed by atoms with Gasteiger partial charge in [0.2, 0.25) is 0 Å². The standard InChI is InChI=1S/C29H33N3O9S.C2H6/c1-5-39-28(33)10-7-15-40-27-18-25(32(35)36)24(17-26(27)38-3)19(2)41-30-29(34)21-13-11-20(12-14-21)22-8-6-9-23(16-22)31-42(4)37;1-2/h6,8-9,11-14,16-19,31H,5,7,10,15H2,1-4H3,(H,30,34);1-2H3. The number of benzene rings is 3. The van der Waals surface area contributed by atoms with Crippen molar-refractivity contribution in [2.75, 3.05) is 31.3 Å². The number of carbonyl (C=O) groups is 2. The average molecular weight is 630 g/mol. The monoisotopic (exact) mass is 629 g/mol. The molecule has 0 radical (unpaired) electrons. The van der Waals surface area contributed by atoms with Gasteiger partial charge in [-0.05, 0) is 61.7 Å². The van der Waals surface area contributed by atoms with Crippen LogP contribution >= 0.6 is 0 Å². The zero-order valence-corrected chi connectivity index (χ0v) is 26.5. The summed E-state index contributed by atoms with van der Waals surface area (Å²) in [7, 11) is 0.189. The lowest BCUT2D eigenvalue weighted by Crippen LogP contribution is -2.25. The minimum atomic E-state index is -1.20. The molecular weight excluding hydrogens is 590 g/mol. The summed E-state index contributed by atoms with van der Waals surface area (Å²) in [5.74, 6) is -0.528. The van der Waals surface area contributed by atoms with Gasteiger partial charge in [-0.15, -0.1) is 0 Å². The van der Waals surface area contributed by atoms with Crippen molar-refractivity contribution in [3.63, 3.8) is 0 Å². The Kier molecular flexibility index (Phi) is 14.8. The van der Waals surface area contributed by atoms with E-state index in [1.165, 1.54) is 19.2 Å². The van der Waals surface area contributed by atoms with Gasteiger partial charge in [0.25, 0.3) is 11.6 Å². The van der Waals surface area contributed by atoms with Crippen LogP contribution in [0.2, 0.25) is 0 Å². The van der Waals surface area contributed by atoms with Gasteiger partial charge in [-0.2, -0.15) is 0 Å². The molecule has 13 heteroatoms. The van der Waals surface area contributed by atoms with Gasteiger partial charge in [0.05, 0.1) is 36.9 Å². The van der Waals surface area contributed by atoms with E-state index in [1.807, 2.05) is 32.0 Å². The molecule has 0 saturated heterocycles. The Balaban J connectivity index is 0.00000330. The molecule has 0 heterocycles. The van der Waals surface area contributed by atoms with Gasteiger partial charge in [-0.3, -0.25) is 24.5 Å². The van der Waals surface area contributed by atoms with E-state index in [2.05, 4.69) is 10.2 Å². The fourth-order valence-corrected chi connectivity index (χ4v) is 4.42. The molecule has 2 unspecified atom stereocenters. The van der Waals surface area contributed by atoms with Crippen molar-refractivity contribution >= 4 is 34.2 Å². The first-order valence-electron chi connectivity index (χ1n) is 14.0. The number of amides is 1.